The van der Waals surface area contributed by atoms with Crippen LogP contribution in [0.2, 0.25) is 10.0 Å². The topological polar surface area (TPSA) is 69.0 Å². The Morgan fingerprint density at radius 1 is 0.943 bits per heavy atom. The van der Waals surface area contributed by atoms with Gasteiger partial charge in [0.05, 0.1) is 6.04 Å². The second-order valence-corrected chi connectivity index (χ2v) is 9.59. The van der Waals surface area contributed by atoms with E-state index in [-0.39, 0.29) is 11.5 Å². The van der Waals surface area contributed by atoms with Crippen LogP contribution in [-0.2, 0) is 0 Å². The highest BCUT2D eigenvalue weighted by Gasteiger charge is 2.38. The van der Waals surface area contributed by atoms with Gasteiger partial charge in [-0.05, 0) is 66.2 Å². The summed E-state index contributed by atoms with van der Waals surface area (Å²) in [6, 6.07) is 19.6. The molecule has 11 heteroatoms. The predicted octanol–water partition coefficient (Wildman–Crippen LogP) is 6.50. The van der Waals surface area contributed by atoms with E-state index in [1.165, 1.54) is 36.0 Å². The molecule has 0 saturated heterocycles. The van der Waals surface area contributed by atoms with Gasteiger partial charge in [0.1, 0.15) is 11.0 Å². The number of aromatic nitrogens is 3. The molecule has 5 rings (SSSR count). The third-order valence-electron chi connectivity index (χ3n) is 5.39. The number of carbonyl (C=O) groups is 1. The molecule has 2 atom stereocenters. The first-order valence-corrected chi connectivity index (χ1v) is 12.0. The first-order valence-electron chi connectivity index (χ1n) is 10.4. The summed E-state index contributed by atoms with van der Waals surface area (Å²) >= 11 is 13.4. The first kappa shape index (κ1) is 23.6. The summed E-state index contributed by atoms with van der Waals surface area (Å²) in [7, 11) is 0. The fourth-order valence-electron chi connectivity index (χ4n) is 3.73. The van der Waals surface area contributed by atoms with Gasteiger partial charge in [0.25, 0.3) is 0 Å². The number of alkyl halides is 2. The van der Waals surface area contributed by atoms with Crippen LogP contribution in [0.4, 0.5) is 8.78 Å². The highest BCUT2D eigenvalue weighted by molar-refractivity contribution is 8.00. The zero-order chi connectivity index (χ0) is 24.5. The molecule has 2 heterocycles. The van der Waals surface area contributed by atoms with Crippen molar-refractivity contribution < 1.29 is 18.3 Å². The molecule has 0 radical (unpaired) electrons. The van der Waals surface area contributed by atoms with E-state index in [4.69, 9.17) is 23.2 Å². The molecule has 1 aliphatic heterocycles. The molecule has 0 bridgehead atoms. The molecule has 0 unspecified atom stereocenters. The van der Waals surface area contributed by atoms with Gasteiger partial charge in [-0.15, -0.1) is 10.2 Å². The Labute approximate surface area is 213 Å². The lowest BCUT2D eigenvalue weighted by Gasteiger charge is -2.33. The van der Waals surface area contributed by atoms with Gasteiger partial charge in [0.2, 0.25) is 5.16 Å². The number of nitrogens with one attached hydrogen (secondary N) is 1. The minimum Gasteiger partial charge on any atom is -0.435 e. The Morgan fingerprint density at radius 2 is 1.57 bits per heavy atom. The van der Waals surface area contributed by atoms with Crippen molar-refractivity contribution in [2.24, 2.45) is 0 Å². The third-order valence-corrected chi connectivity index (χ3v) is 7.11. The van der Waals surface area contributed by atoms with Gasteiger partial charge in [0, 0.05) is 21.2 Å². The van der Waals surface area contributed by atoms with Crippen molar-refractivity contribution in [3.8, 4) is 17.1 Å². The van der Waals surface area contributed by atoms with Gasteiger partial charge in [-0.3, -0.25) is 4.79 Å². The molecule has 0 aliphatic carbocycles. The first-order chi connectivity index (χ1) is 16.9. The lowest BCUT2D eigenvalue weighted by Crippen LogP contribution is -2.39. The van der Waals surface area contributed by atoms with Gasteiger partial charge in [-0.2, -0.15) is 8.78 Å². The van der Waals surface area contributed by atoms with E-state index >= 15 is 0 Å². The number of hydrogen-bond donors (Lipinski definition) is 1. The van der Waals surface area contributed by atoms with E-state index < -0.39 is 17.9 Å². The summed E-state index contributed by atoms with van der Waals surface area (Å²) in [6.45, 7) is -2.94. The van der Waals surface area contributed by atoms with Gasteiger partial charge in [-0.25, -0.2) is 4.68 Å². The van der Waals surface area contributed by atoms with Crippen LogP contribution in [0, 0.1) is 0 Å². The molecule has 0 fully saturated rings. The largest absolute Gasteiger partial charge is 0.435 e. The molecule has 178 valence electrons. The monoisotopic (exact) mass is 532 g/mol. The van der Waals surface area contributed by atoms with E-state index in [1.807, 2.05) is 24.3 Å². The number of hydrogen-bond acceptors (Lipinski definition) is 6. The lowest BCUT2D eigenvalue weighted by atomic mass is 9.97. The van der Waals surface area contributed by atoms with Gasteiger partial charge < -0.3 is 10.2 Å². The van der Waals surface area contributed by atoms with Gasteiger partial charge >= 0.3 is 6.61 Å². The summed E-state index contributed by atoms with van der Waals surface area (Å²) in [5.41, 5.74) is 5.37. The lowest BCUT2D eigenvalue weighted by molar-refractivity contribution is -0.0498. The number of rotatable bonds is 6. The van der Waals surface area contributed by atoms with Crippen molar-refractivity contribution in [3.63, 3.8) is 0 Å². The molecule has 0 spiro atoms. The molecule has 4 aromatic rings. The van der Waals surface area contributed by atoms with Crippen LogP contribution >= 0.6 is 35.0 Å². The quantitative estimate of drug-likeness (QED) is 0.286. The number of ether oxygens (including phenoxy) is 1. The summed E-state index contributed by atoms with van der Waals surface area (Å²) in [5.74, 6) is 0.350. The van der Waals surface area contributed by atoms with E-state index in [0.717, 1.165) is 11.1 Å². The molecule has 1 N–H and O–H groups in total. The van der Waals surface area contributed by atoms with E-state index in [0.29, 0.717) is 26.6 Å². The number of nitrogens with zero attached hydrogens (tertiary/aromatic N) is 3. The summed E-state index contributed by atoms with van der Waals surface area (Å²) < 4.78 is 31.1. The average Bonchev–Trinajstić information content (AvgIpc) is 3.27. The fourth-order valence-corrected chi connectivity index (χ4v) is 5.14. The Kier molecular flexibility index (Phi) is 6.64. The highest BCUT2D eigenvalue weighted by atomic mass is 35.5. The van der Waals surface area contributed by atoms with Crippen LogP contribution in [0.5, 0.6) is 5.75 Å². The number of thioether (sulfide) groups is 1. The van der Waals surface area contributed by atoms with Crippen molar-refractivity contribution >= 4 is 40.7 Å². The van der Waals surface area contributed by atoms with Crippen molar-refractivity contribution in [3.05, 3.63) is 94.0 Å². The van der Waals surface area contributed by atoms with Crippen LogP contribution in [0.3, 0.4) is 0 Å². The van der Waals surface area contributed by atoms with Crippen molar-refractivity contribution in [2.45, 2.75) is 23.1 Å². The molecule has 0 saturated carbocycles. The molecule has 6 nitrogen and oxygen atoms in total. The van der Waals surface area contributed by atoms with Crippen molar-refractivity contribution in [2.75, 3.05) is 5.43 Å². The van der Waals surface area contributed by atoms with Crippen molar-refractivity contribution in [1.82, 2.24) is 14.9 Å². The van der Waals surface area contributed by atoms with Gasteiger partial charge in [0.15, 0.2) is 11.6 Å². The Balaban J connectivity index is 1.51. The molecular formula is C24H16Cl2F2N4O2S. The molecule has 1 aromatic heterocycles. The minimum absolute atomic E-state index is 0.0208. The highest BCUT2D eigenvalue weighted by Crippen LogP contribution is 2.40. The fraction of sp³-hybridized carbons (Fsp3) is 0.125. The number of ketones is 1. The zero-order valence-corrected chi connectivity index (χ0v) is 20.1. The zero-order valence-electron chi connectivity index (χ0n) is 17.7. The number of halogens is 4. The second-order valence-electron chi connectivity index (χ2n) is 7.61. The molecule has 0 amide bonds. The summed E-state index contributed by atoms with van der Waals surface area (Å²) in [4.78, 5) is 13.6. The van der Waals surface area contributed by atoms with Gasteiger partial charge in [-0.1, -0.05) is 47.1 Å². The van der Waals surface area contributed by atoms with Crippen LogP contribution < -0.4 is 10.2 Å². The number of carbonyl (C=O) groups excluding carboxylic acids is 1. The number of benzene rings is 3. The number of fused-ring (bicyclic) bond motifs is 1. The smallest absolute Gasteiger partial charge is 0.387 e. The minimum atomic E-state index is -2.94. The maximum Gasteiger partial charge on any atom is 0.387 e. The molecule has 3 aromatic carbocycles. The van der Waals surface area contributed by atoms with E-state index in [9.17, 15) is 13.6 Å². The Bertz CT molecular complexity index is 1350. The normalized spacial score (nSPS) is 17.1. The Hall–Kier alpha value is -3.14. The summed E-state index contributed by atoms with van der Waals surface area (Å²) in [6.07, 6.45) is 0. The van der Waals surface area contributed by atoms with E-state index in [2.05, 4.69) is 20.4 Å². The maximum atomic E-state index is 13.6. The van der Waals surface area contributed by atoms with Crippen molar-refractivity contribution in [1.29, 1.82) is 0 Å². The van der Waals surface area contributed by atoms with Crippen LogP contribution in [-0.4, -0.2) is 32.5 Å². The second kappa shape index (κ2) is 9.85. The number of Topliss-reactive ketones (excluding diaryl/α,β-unsaturated/α-hetero) is 1. The predicted molar refractivity (Wildman–Crippen MR) is 131 cm³/mol. The Morgan fingerprint density at radius 3 is 2.20 bits per heavy atom. The maximum absolute atomic E-state index is 13.6. The SMILES string of the molecule is O=C(c1ccc(OC(F)F)cc1)[C@@H]1Sc2nnc(-c3ccc(Cl)cc3)n2N[C@H]1c1ccc(Cl)cc1. The third kappa shape index (κ3) is 4.98. The molecular weight excluding hydrogens is 517 g/mol. The molecule has 35 heavy (non-hydrogen) atoms. The van der Waals surface area contributed by atoms with Crippen LogP contribution in [0.25, 0.3) is 11.4 Å². The van der Waals surface area contributed by atoms with E-state index in [1.54, 1.807) is 28.9 Å². The van der Waals surface area contributed by atoms with Crippen LogP contribution in [0.15, 0.2) is 78.0 Å². The molecule has 1 aliphatic rings. The van der Waals surface area contributed by atoms with Crippen LogP contribution in [0.1, 0.15) is 22.0 Å². The summed E-state index contributed by atoms with van der Waals surface area (Å²) in [5, 5.41) is 9.65. The standard InChI is InChI=1S/C24H16Cl2F2N4O2S/c25-16-7-1-13(2-8-16)19-21(20(33)14-5-11-18(12-6-14)34-23(27)28)35-24-30-29-22(32(24)31-19)15-3-9-17(26)10-4-15/h1-12,19,21,23,31H/t19-,21+/m0/s1. The average molecular weight is 533 g/mol.